The van der Waals surface area contributed by atoms with E-state index in [9.17, 15) is 18.0 Å². The number of amides is 1. The van der Waals surface area contributed by atoms with Gasteiger partial charge in [-0.25, -0.2) is 0 Å². The Balaban J connectivity index is 0.00000400. The lowest BCUT2D eigenvalue weighted by Gasteiger charge is -2.16. The number of hydrogen-bond acceptors (Lipinski definition) is 3. The lowest BCUT2D eigenvalue weighted by atomic mass is 10.1. The molecule has 1 aromatic rings. The molecule has 0 aliphatic heterocycles. The van der Waals surface area contributed by atoms with Crippen LogP contribution in [0, 0.1) is 5.92 Å². The van der Waals surface area contributed by atoms with Crippen molar-refractivity contribution in [2.45, 2.75) is 19.6 Å². The zero-order chi connectivity index (χ0) is 15.3. The van der Waals surface area contributed by atoms with Crippen LogP contribution in [0.4, 0.5) is 13.2 Å². The Kier molecular flexibility index (Phi) is 7.52. The summed E-state index contributed by atoms with van der Waals surface area (Å²) in [5.41, 5.74) is 4.48. The van der Waals surface area contributed by atoms with E-state index in [0.29, 0.717) is 0 Å². The number of nitrogens with two attached hydrogens (primary N) is 1. The molecule has 0 spiro atoms. The van der Waals surface area contributed by atoms with Crippen molar-refractivity contribution >= 4 is 18.3 Å². The highest BCUT2D eigenvalue weighted by atomic mass is 35.5. The molecule has 1 amide bonds. The fraction of sp³-hybridized carbons (Fsp3) is 0.462. The van der Waals surface area contributed by atoms with Crippen molar-refractivity contribution in [1.29, 1.82) is 0 Å². The molecule has 0 aromatic heterocycles. The van der Waals surface area contributed by atoms with Crippen molar-refractivity contribution < 1.29 is 22.7 Å². The van der Waals surface area contributed by atoms with Gasteiger partial charge in [0.1, 0.15) is 5.75 Å². The molecule has 0 aliphatic rings. The average Bonchev–Trinajstić information content (AvgIpc) is 2.42. The van der Waals surface area contributed by atoms with Gasteiger partial charge in [0.25, 0.3) is 0 Å². The number of hydrogen-bond donors (Lipinski definition) is 2. The first kappa shape index (κ1) is 19.5. The van der Waals surface area contributed by atoms with Gasteiger partial charge in [0.05, 0.1) is 12.7 Å². The molecule has 0 aliphatic carbocycles. The van der Waals surface area contributed by atoms with E-state index in [4.69, 9.17) is 10.5 Å². The Morgan fingerprint density at radius 2 is 2.05 bits per heavy atom. The van der Waals surface area contributed by atoms with E-state index < -0.39 is 17.7 Å². The van der Waals surface area contributed by atoms with Crippen LogP contribution in [0.15, 0.2) is 18.2 Å². The number of carbonyl (C=O) groups excluding carboxylic acids is 1. The third-order valence-electron chi connectivity index (χ3n) is 2.88. The maximum Gasteiger partial charge on any atom is 0.416 e. The largest absolute Gasteiger partial charge is 0.497 e. The number of benzene rings is 1. The summed E-state index contributed by atoms with van der Waals surface area (Å²) in [6.45, 7) is 1.54. The van der Waals surface area contributed by atoms with Crippen LogP contribution in [-0.4, -0.2) is 19.6 Å². The van der Waals surface area contributed by atoms with Crippen LogP contribution in [0.25, 0.3) is 0 Å². The highest BCUT2D eigenvalue weighted by Crippen LogP contribution is 2.34. The molecule has 1 aromatic carbocycles. The molecule has 1 unspecified atom stereocenters. The first-order valence-corrected chi connectivity index (χ1v) is 6.01. The Labute approximate surface area is 127 Å². The normalized spacial score (nSPS) is 12.3. The number of rotatable bonds is 5. The van der Waals surface area contributed by atoms with Gasteiger partial charge in [0.2, 0.25) is 5.91 Å². The predicted molar refractivity (Wildman–Crippen MR) is 75.3 cm³/mol. The summed E-state index contributed by atoms with van der Waals surface area (Å²) < 4.78 is 43.6. The van der Waals surface area contributed by atoms with Crippen molar-refractivity contribution in [1.82, 2.24) is 5.32 Å². The van der Waals surface area contributed by atoms with Crippen molar-refractivity contribution in [2.24, 2.45) is 11.7 Å². The summed E-state index contributed by atoms with van der Waals surface area (Å²) in [5, 5.41) is 2.44. The summed E-state index contributed by atoms with van der Waals surface area (Å²) in [6, 6.07) is 3.62. The lowest BCUT2D eigenvalue weighted by molar-refractivity contribution is -0.138. The molecular weight excluding hydrogens is 309 g/mol. The Hall–Kier alpha value is -1.47. The molecule has 1 atom stereocenters. The second-order valence-corrected chi connectivity index (χ2v) is 4.38. The highest BCUT2D eigenvalue weighted by Gasteiger charge is 2.33. The molecule has 1 rings (SSSR count). The average molecular weight is 327 g/mol. The first-order chi connectivity index (χ1) is 9.29. The van der Waals surface area contributed by atoms with Crippen LogP contribution in [0.1, 0.15) is 18.1 Å². The molecule has 8 heteroatoms. The second kappa shape index (κ2) is 8.09. The van der Waals surface area contributed by atoms with Crippen LogP contribution in [-0.2, 0) is 17.5 Å². The maximum atomic E-state index is 12.9. The van der Waals surface area contributed by atoms with E-state index in [1.54, 1.807) is 6.92 Å². The second-order valence-electron chi connectivity index (χ2n) is 4.38. The first-order valence-electron chi connectivity index (χ1n) is 6.01. The van der Waals surface area contributed by atoms with Crippen LogP contribution < -0.4 is 15.8 Å². The van der Waals surface area contributed by atoms with E-state index >= 15 is 0 Å². The van der Waals surface area contributed by atoms with Crippen LogP contribution >= 0.6 is 12.4 Å². The number of carbonyl (C=O) groups is 1. The van der Waals surface area contributed by atoms with Crippen LogP contribution in [0.2, 0.25) is 0 Å². The fourth-order valence-corrected chi connectivity index (χ4v) is 1.56. The van der Waals surface area contributed by atoms with Gasteiger partial charge in [-0.3, -0.25) is 4.79 Å². The van der Waals surface area contributed by atoms with Crippen LogP contribution in [0.3, 0.4) is 0 Å². The van der Waals surface area contributed by atoms with Gasteiger partial charge >= 0.3 is 6.18 Å². The molecule has 0 fully saturated rings. The number of halogens is 4. The summed E-state index contributed by atoms with van der Waals surface area (Å²) in [6.07, 6.45) is -4.51. The minimum atomic E-state index is -4.51. The molecule has 3 N–H and O–H groups in total. The monoisotopic (exact) mass is 326 g/mol. The van der Waals surface area contributed by atoms with Crippen molar-refractivity contribution in [3.05, 3.63) is 29.3 Å². The van der Waals surface area contributed by atoms with Crippen molar-refractivity contribution in [2.75, 3.05) is 13.7 Å². The smallest absolute Gasteiger partial charge is 0.416 e. The molecule has 0 saturated carbocycles. The number of alkyl halides is 3. The minimum Gasteiger partial charge on any atom is -0.497 e. The zero-order valence-corrected chi connectivity index (χ0v) is 12.5. The predicted octanol–water partition coefficient (Wildman–Crippen LogP) is 2.35. The van der Waals surface area contributed by atoms with Gasteiger partial charge in [-0.2, -0.15) is 13.2 Å². The van der Waals surface area contributed by atoms with E-state index in [1.807, 2.05) is 0 Å². The summed E-state index contributed by atoms with van der Waals surface area (Å²) in [7, 11) is 1.29. The fourth-order valence-electron chi connectivity index (χ4n) is 1.56. The summed E-state index contributed by atoms with van der Waals surface area (Å²) in [4.78, 5) is 11.5. The Morgan fingerprint density at radius 3 is 2.52 bits per heavy atom. The summed E-state index contributed by atoms with van der Waals surface area (Å²) in [5.74, 6) is -0.707. The molecule has 0 heterocycles. The molecule has 0 bridgehead atoms. The molecule has 0 radical (unpaired) electrons. The molecule has 21 heavy (non-hydrogen) atoms. The third-order valence-corrected chi connectivity index (χ3v) is 2.88. The molecular formula is C13H18ClF3N2O2. The van der Waals surface area contributed by atoms with Gasteiger partial charge in [0, 0.05) is 19.0 Å². The molecule has 0 saturated heterocycles. The lowest BCUT2D eigenvalue weighted by Crippen LogP contribution is -2.33. The number of methoxy groups -OCH3 is 1. The quantitative estimate of drug-likeness (QED) is 0.873. The van der Waals surface area contributed by atoms with E-state index in [1.165, 1.54) is 19.2 Å². The summed E-state index contributed by atoms with van der Waals surface area (Å²) >= 11 is 0. The standard InChI is InChI=1S/C13H17F3N2O2.ClH/c1-8(6-17)12(19)18-7-9-3-4-10(20-2)5-11(9)13(14,15)16;/h3-5,8H,6-7,17H2,1-2H3,(H,18,19);1H. The van der Waals surface area contributed by atoms with E-state index in [2.05, 4.69) is 5.32 Å². The topological polar surface area (TPSA) is 64.3 Å². The van der Waals surface area contributed by atoms with E-state index in [0.717, 1.165) is 6.07 Å². The Bertz CT molecular complexity index is 481. The Morgan fingerprint density at radius 1 is 1.43 bits per heavy atom. The van der Waals surface area contributed by atoms with Gasteiger partial charge in [0.15, 0.2) is 0 Å². The minimum absolute atomic E-state index is 0. The van der Waals surface area contributed by atoms with Gasteiger partial charge in [-0.1, -0.05) is 13.0 Å². The van der Waals surface area contributed by atoms with Crippen LogP contribution in [0.5, 0.6) is 5.75 Å². The SMILES string of the molecule is COc1ccc(CNC(=O)C(C)CN)c(C(F)(F)F)c1.Cl. The van der Waals surface area contributed by atoms with Crippen molar-refractivity contribution in [3.8, 4) is 5.75 Å². The zero-order valence-electron chi connectivity index (χ0n) is 11.7. The van der Waals surface area contributed by atoms with Gasteiger partial charge < -0.3 is 15.8 Å². The van der Waals surface area contributed by atoms with E-state index in [-0.39, 0.29) is 42.7 Å². The number of ether oxygens (including phenoxy) is 1. The van der Waals surface area contributed by atoms with Gasteiger partial charge in [-0.15, -0.1) is 12.4 Å². The number of nitrogens with one attached hydrogen (secondary N) is 1. The molecule has 4 nitrogen and oxygen atoms in total. The van der Waals surface area contributed by atoms with Crippen molar-refractivity contribution in [3.63, 3.8) is 0 Å². The molecule has 120 valence electrons. The maximum absolute atomic E-state index is 12.9. The van der Waals surface area contributed by atoms with Gasteiger partial charge in [-0.05, 0) is 17.7 Å². The third kappa shape index (κ3) is 5.43. The highest BCUT2D eigenvalue weighted by molar-refractivity contribution is 5.85.